The van der Waals surface area contributed by atoms with Gasteiger partial charge in [-0.1, -0.05) is 35.9 Å². The van der Waals surface area contributed by atoms with E-state index in [1.807, 2.05) is 55.5 Å². The fourth-order valence-electron chi connectivity index (χ4n) is 2.64. The van der Waals surface area contributed by atoms with Gasteiger partial charge in [-0.05, 0) is 61.1 Å². The van der Waals surface area contributed by atoms with Gasteiger partial charge in [-0.15, -0.1) is 0 Å². The van der Waals surface area contributed by atoms with Crippen molar-refractivity contribution in [3.63, 3.8) is 0 Å². The zero-order chi connectivity index (χ0) is 16.2. The number of halogens is 1. The van der Waals surface area contributed by atoms with Gasteiger partial charge in [0.15, 0.2) is 6.61 Å². The van der Waals surface area contributed by atoms with Crippen molar-refractivity contribution in [2.75, 3.05) is 6.61 Å². The van der Waals surface area contributed by atoms with E-state index in [9.17, 15) is 4.79 Å². The maximum absolute atomic E-state index is 12.2. The molecule has 0 spiro atoms. The first-order valence-electron chi connectivity index (χ1n) is 7.86. The first kappa shape index (κ1) is 15.9. The number of hydrogen-bond acceptors (Lipinski definition) is 2. The highest BCUT2D eigenvalue weighted by atomic mass is 35.5. The molecule has 0 heterocycles. The van der Waals surface area contributed by atoms with E-state index >= 15 is 0 Å². The van der Waals surface area contributed by atoms with Gasteiger partial charge in [0.25, 0.3) is 5.91 Å². The van der Waals surface area contributed by atoms with E-state index in [-0.39, 0.29) is 18.6 Å². The van der Waals surface area contributed by atoms with E-state index < -0.39 is 0 Å². The zero-order valence-electron chi connectivity index (χ0n) is 13.1. The van der Waals surface area contributed by atoms with Crippen LogP contribution >= 0.6 is 11.6 Å². The van der Waals surface area contributed by atoms with Crippen LogP contribution in [0.15, 0.2) is 48.5 Å². The van der Waals surface area contributed by atoms with Gasteiger partial charge >= 0.3 is 0 Å². The molecule has 120 valence electrons. The van der Waals surface area contributed by atoms with E-state index in [1.165, 1.54) is 0 Å². The van der Waals surface area contributed by atoms with Gasteiger partial charge in [-0.2, -0.15) is 0 Å². The molecule has 1 amide bonds. The fraction of sp³-hybridized carbons (Fsp3) is 0.316. The highest BCUT2D eigenvalue weighted by Crippen LogP contribution is 2.41. The minimum absolute atomic E-state index is 0.0280. The van der Waals surface area contributed by atoms with Crippen molar-refractivity contribution in [3.05, 3.63) is 64.7 Å². The maximum Gasteiger partial charge on any atom is 0.258 e. The fourth-order valence-corrected chi connectivity index (χ4v) is 2.77. The lowest BCUT2D eigenvalue weighted by Gasteiger charge is -2.19. The number of carbonyl (C=O) groups is 1. The summed E-state index contributed by atoms with van der Waals surface area (Å²) in [6.45, 7) is 2.02. The second-order valence-electron chi connectivity index (χ2n) is 6.04. The maximum atomic E-state index is 12.2. The van der Waals surface area contributed by atoms with Crippen LogP contribution in [0, 0.1) is 12.8 Å². The molecule has 2 aromatic rings. The van der Waals surface area contributed by atoms with Crippen LogP contribution in [-0.2, 0) is 4.79 Å². The molecule has 1 fully saturated rings. The first-order valence-corrected chi connectivity index (χ1v) is 8.24. The molecule has 23 heavy (non-hydrogen) atoms. The van der Waals surface area contributed by atoms with Gasteiger partial charge < -0.3 is 10.1 Å². The van der Waals surface area contributed by atoms with Gasteiger partial charge in [0.05, 0.1) is 6.04 Å². The van der Waals surface area contributed by atoms with Gasteiger partial charge in [-0.25, -0.2) is 0 Å². The summed E-state index contributed by atoms with van der Waals surface area (Å²) >= 11 is 5.94. The summed E-state index contributed by atoms with van der Waals surface area (Å²) in [5.74, 6) is 1.13. The second-order valence-corrected chi connectivity index (χ2v) is 6.48. The Kier molecular flexibility index (Phi) is 4.87. The van der Waals surface area contributed by atoms with Crippen molar-refractivity contribution >= 4 is 17.5 Å². The van der Waals surface area contributed by atoms with Crippen molar-refractivity contribution in [1.29, 1.82) is 0 Å². The Morgan fingerprint density at radius 3 is 2.65 bits per heavy atom. The number of aryl methyl sites for hydroxylation is 1. The average Bonchev–Trinajstić information content (AvgIpc) is 3.36. The van der Waals surface area contributed by atoms with Crippen LogP contribution in [-0.4, -0.2) is 12.5 Å². The highest BCUT2D eigenvalue weighted by molar-refractivity contribution is 6.30. The number of rotatable bonds is 6. The summed E-state index contributed by atoms with van der Waals surface area (Å²) in [5, 5.41) is 3.80. The highest BCUT2D eigenvalue weighted by Gasteiger charge is 2.33. The summed E-state index contributed by atoms with van der Waals surface area (Å²) in [6, 6.07) is 15.4. The van der Waals surface area contributed by atoms with Crippen LogP contribution < -0.4 is 10.1 Å². The predicted molar refractivity (Wildman–Crippen MR) is 91.7 cm³/mol. The normalized spacial score (nSPS) is 15.0. The standard InChI is InChI=1S/C19H20ClNO2/c1-13-3-2-4-17(11-13)23-12-18(22)21-19(14-5-6-14)15-7-9-16(20)10-8-15/h2-4,7-11,14,19H,5-6,12H2,1H3,(H,21,22). The Balaban J connectivity index is 1.59. The number of carbonyl (C=O) groups excluding carboxylic acids is 1. The molecule has 1 N–H and O–H groups in total. The Bertz CT molecular complexity index is 680. The topological polar surface area (TPSA) is 38.3 Å². The molecule has 0 aromatic heterocycles. The van der Waals surface area contributed by atoms with Gasteiger partial charge in [-0.3, -0.25) is 4.79 Å². The molecule has 1 atom stereocenters. The summed E-state index contributed by atoms with van der Waals surface area (Å²) in [4.78, 5) is 12.2. The molecule has 1 aliphatic carbocycles. The Hall–Kier alpha value is -2.00. The molecular formula is C19H20ClNO2. The molecular weight excluding hydrogens is 310 g/mol. The lowest BCUT2D eigenvalue weighted by Crippen LogP contribution is -2.33. The lowest BCUT2D eigenvalue weighted by molar-refractivity contribution is -0.124. The molecule has 1 saturated carbocycles. The predicted octanol–water partition coefficient (Wildman–Crippen LogP) is 4.29. The molecule has 3 nitrogen and oxygen atoms in total. The third-order valence-electron chi connectivity index (χ3n) is 4.00. The van der Waals surface area contributed by atoms with E-state index in [4.69, 9.17) is 16.3 Å². The molecule has 2 aromatic carbocycles. The van der Waals surface area contributed by atoms with E-state index in [0.717, 1.165) is 29.7 Å². The van der Waals surface area contributed by atoms with E-state index in [2.05, 4.69) is 5.32 Å². The van der Waals surface area contributed by atoms with Gasteiger partial charge in [0, 0.05) is 5.02 Å². The molecule has 1 unspecified atom stereocenters. The van der Waals surface area contributed by atoms with E-state index in [0.29, 0.717) is 10.9 Å². The number of hydrogen-bond donors (Lipinski definition) is 1. The molecule has 0 radical (unpaired) electrons. The quantitative estimate of drug-likeness (QED) is 0.858. The zero-order valence-corrected chi connectivity index (χ0v) is 13.8. The Labute approximate surface area is 141 Å². The minimum Gasteiger partial charge on any atom is -0.484 e. The third-order valence-corrected chi connectivity index (χ3v) is 4.25. The number of nitrogens with one attached hydrogen (secondary N) is 1. The van der Waals surface area contributed by atoms with Crippen molar-refractivity contribution < 1.29 is 9.53 Å². The molecule has 0 bridgehead atoms. The van der Waals surface area contributed by atoms with Crippen LogP contribution in [0.5, 0.6) is 5.75 Å². The molecule has 1 aliphatic rings. The van der Waals surface area contributed by atoms with Crippen molar-refractivity contribution in [1.82, 2.24) is 5.32 Å². The van der Waals surface area contributed by atoms with Crippen LogP contribution in [0.2, 0.25) is 5.02 Å². The Morgan fingerprint density at radius 2 is 2.00 bits per heavy atom. The third kappa shape index (κ3) is 4.49. The smallest absolute Gasteiger partial charge is 0.258 e. The summed E-state index contributed by atoms with van der Waals surface area (Å²) in [6.07, 6.45) is 2.29. The number of ether oxygens (including phenoxy) is 1. The van der Waals surface area contributed by atoms with Crippen molar-refractivity contribution in [2.45, 2.75) is 25.8 Å². The average molecular weight is 330 g/mol. The van der Waals surface area contributed by atoms with E-state index in [1.54, 1.807) is 0 Å². The van der Waals surface area contributed by atoms with Gasteiger partial charge in [0.1, 0.15) is 5.75 Å². The minimum atomic E-state index is -0.0987. The largest absolute Gasteiger partial charge is 0.484 e. The summed E-state index contributed by atoms with van der Waals surface area (Å²) in [7, 11) is 0. The second kappa shape index (κ2) is 7.05. The molecule has 0 aliphatic heterocycles. The van der Waals surface area contributed by atoms with Crippen LogP contribution in [0.25, 0.3) is 0 Å². The lowest BCUT2D eigenvalue weighted by atomic mass is 10.0. The SMILES string of the molecule is Cc1cccc(OCC(=O)NC(c2ccc(Cl)cc2)C2CC2)c1. The van der Waals surface area contributed by atoms with Crippen LogP contribution in [0.3, 0.4) is 0 Å². The summed E-state index contributed by atoms with van der Waals surface area (Å²) < 4.78 is 5.57. The monoisotopic (exact) mass is 329 g/mol. The van der Waals surface area contributed by atoms with Crippen molar-refractivity contribution in [3.8, 4) is 5.75 Å². The van der Waals surface area contributed by atoms with Crippen LogP contribution in [0.4, 0.5) is 0 Å². The molecule has 4 heteroatoms. The van der Waals surface area contributed by atoms with Crippen LogP contribution in [0.1, 0.15) is 30.0 Å². The first-order chi connectivity index (χ1) is 11.1. The number of benzene rings is 2. The molecule has 0 saturated heterocycles. The molecule has 3 rings (SSSR count). The van der Waals surface area contributed by atoms with Crippen molar-refractivity contribution in [2.24, 2.45) is 5.92 Å². The number of amides is 1. The summed E-state index contributed by atoms with van der Waals surface area (Å²) in [5.41, 5.74) is 2.21. The Morgan fingerprint density at radius 1 is 1.26 bits per heavy atom. The van der Waals surface area contributed by atoms with Gasteiger partial charge in [0.2, 0.25) is 0 Å².